The molecule has 5 heteroatoms. The standard InChI is InChI=1S/C21H16ClNO3/c22-20-13-19(26)8-5-15(20)4-7-18(25)12-17(24)6-2-14-1-3-16-9-10-23-21(16)11-14/h1-11,13,23,26H,12H2. The first-order valence-corrected chi connectivity index (χ1v) is 8.36. The predicted octanol–water partition coefficient (Wildman–Crippen LogP) is 4.78. The van der Waals surface area contributed by atoms with Gasteiger partial charge in [0.05, 0.1) is 11.4 Å². The molecule has 4 nitrogen and oxygen atoms in total. The van der Waals surface area contributed by atoms with E-state index in [2.05, 4.69) is 4.98 Å². The van der Waals surface area contributed by atoms with E-state index in [-0.39, 0.29) is 23.7 Å². The molecule has 3 aromatic rings. The summed E-state index contributed by atoms with van der Waals surface area (Å²) in [6, 6.07) is 12.2. The second-order valence-corrected chi connectivity index (χ2v) is 6.21. The summed E-state index contributed by atoms with van der Waals surface area (Å²) in [4.78, 5) is 27.0. The Morgan fingerprint density at radius 3 is 2.54 bits per heavy atom. The van der Waals surface area contributed by atoms with Crippen molar-refractivity contribution in [3.05, 3.63) is 77.0 Å². The second kappa shape index (κ2) is 7.85. The Kier molecular flexibility index (Phi) is 5.34. The maximum atomic E-state index is 12.0. The van der Waals surface area contributed by atoms with E-state index in [1.165, 1.54) is 30.4 Å². The van der Waals surface area contributed by atoms with Crippen LogP contribution in [0.15, 0.2) is 60.8 Å². The number of ketones is 2. The average molecular weight is 366 g/mol. The monoisotopic (exact) mass is 365 g/mol. The van der Waals surface area contributed by atoms with Crippen molar-refractivity contribution in [1.29, 1.82) is 0 Å². The van der Waals surface area contributed by atoms with Gasteiger partial charge in [-0.1, -0.05) is 29.8 Å². The van der Waals surface area contributed by atoms with E-state index >= 15 is 0 Å². The smallest absolute Gasteiger partial charge is 0.163 e. The molecule has 0 spiro atoms. The van der Waals surface area contributed by atoms with Gasteiger partial charge in [0.1, 0.15) is 5.75 Å². The first kappa shape index (κ1) is 17.7. The summed E-state index contributed by atoms with van der Waals surface area (Å²) in [6.45, 7) is 0. The van der Waals surface area contributed by atoms with Crippen LogP contribution in [-0.2, 0) is 9.59 Å². The Bertz CT molecular complexity index is 1030. The van der Waals surface area contributed by atoms with Gasteiger partial charge in [0.15, 0.2) is 11.6 Å². The Balaban J connectivity index is 1.59. The summed E-state index contributed by atoms with van der Waals surface area (Å²) in [5, 5.41) is 10.7. The van der Waals surface area contributed by atoms with Gasteiger partial charge in [0.2, 0.25) is 0 Å². The molecule has 2 N–H and O–H groups in total. The zero-order valence-electron chi connectivity index (χ0n) is 13.8. The quantitative estimate of drug-likeness (QED) is 0.487. The molecule has 0 radical (unpaired) electrons. The van der Waals surface area contributed by atoms with Gasteiger partial charge in [-0.25, -0.2) is 0 Å². The molecule has 0 unspecified atom stereocenters. The maximum absolute atomic E-state index is 12.0. The zero-order valence-corrected chi connectivity index (χ0v) is 14.5. The lowest BCUT2D eigenvalue weighted by atomic mass is 10.1. The van der Waals surface area contributed by atoms with Crippen LogP contribution < -0.4 is 0 Å². The van der Waals surface area contributed by atoms with Gasteiger partial charge >= 0.3 is 0 Å². The van der Waals surface area contributed by atoms with E-state index < -0.39 is 0 Å². The molecule has 0 amide bonds. The summed E-state index contributed by atoms with van der Waals surface area (Å²) in [5.41, 5.74) is 2.47. The van der Waals surface area contributed by atoms with Crippen molar-refractivity contribution >= 4 is 46.2 Å². The van der Waals surface area contributed by atoms with Crippen molar-refractivity contribution in [3.8, 4) is 5.75 Å². The van der Waals surface area contributed by atoms with E-state index in [9.17, 15) is 14.7 Å². The number of aromatic nitrogens is 1. The Morgan fingerprint density at radius 1 is 1.00 bits per heavy atom. The van der Waals surface area contributed by atoms with Crippen molar-refractivity contribution in [2.75, 3.05) is 0 Å². The summed E-state index contributed by atoms with van der Waals surface area (Å²) >= 11 is 5.97. The van der Waals surface area contributed by atoms with Gasteiger partial charge in [-0.3, -0.25) is 9.59 Å². The molecular weight excluding hydrogens is 350 g/mol. The van der Waals surface area contributed by atoms with E-state index in [0.29, 0.717) is 10.6 Å². The first-order valence-electron chi connectivity index (χ1n) is 7.99. The number of aromatic hydroxyl groups is 1. The number of halogens is 1. The number of hydrogen-bond acceptors (Lipinski definition) is 3. The number of phenols is 1. The average Bonchev–Trinajstić information content (AvgIpc) is 3.07. The van der Waals surface area contributed by atoms with E-state index in [1.54, 1.807) is 12.1 Å². The minimum Gasteiger partial charge on any atom is -0.508 e. The van der Waals surface area contributed by atoms with E-state index in [1.807, 2.05) is 30.5 Å². The van der Waals surface area contributed by atoms with Crippen molar-refractivity contribution in [1.82, 2.24) is 4.98 Å². The van der Waals surface area contributed by atoms with Crippen LogP contribution in [0.3, 0.4) is 0 Å². The molecule has 1 aromatic heterocycles. The number of H-pyrrole nitrogens is 1. The lowest BCUT2D eigenvalue weighted by molar-refractivity contribution is -0.121. The number of rotatable bonds is 6. The number of hydrogen-bond donors (Lipinski definition) is 2. The molecule has 1 heterocycles. The van der Waals surface area contributed by atoms with E-state index in [0.717, 1.165) is 16.5 Å². The molecule has 3 rings (SSSR count). The van der Waals surface area contributed by atoms with Gasteiger partial charge in [0, 0.05) is 11.7 Å². The molecule has 0 aliphatic heterocycles. The van der Waals surface area contributed by atoms with Crippen LogP contribution >= 0.6 is 11.6 Å². The van der Waals surface area contributed by atoms with Gasteiger partial charge in [0.25, 0.3) is 0 Å². The normalized spacial score (nSPS) is 11.6. The number of benzene rings is 2. The van der Waals surface area contributed by atoms with Gasteiger partial charge < -0.3 is 10.1 Å². The lowest BCUT2D eigenvalue weighted by Gasteiger charge is -1.98. The number of fused-ring (bicyclic) bond motifs is 1. The van der Waals surface area contributed by atoms with Crippen LogP contribution in [0.1, 0.15) is 17.5 Å². The predicted molar refractivity (Wildman–Crippen MR) is 104 cm³/mol. The molecule has 0 aliphatic rings. The fourth-order valence-electron chi connectivity index (χ4n) is 2.48. The summed E-state index contributed by atoms with van der Waals surface area (Å²) in [5.74, 6) is -0.539. The third-order valence-corrected chi connectivity index (χ3v) is 4.15. The van der Waals surface area contributed by atoms with Crippen LogP contribution in [-0.4, -0.2) is 21.7 Å². The number of nitrogens with one attached hydrogen (secondary N) is 1. The molecule has 0 atom stereocenters. The largest absolute Gasteiger partial charge is 0.508 e. The Labute approximate surface area is 155 Å². The summed E-state index contributed by atoms with van der Waals surface area (Å²) < 4.78 is 0. The molecule has 0 saturated carbocycles. The van der Waals surface area contributed by atoms with Crippen LogP contribution in [0.25, 0.3) is 23.1 Å². The van der Waals surface area contributed by atoms with Crippen LogP contribution in [0.4, 0.5) is 0 Å². The number of carbonyl (C=O) groups excluding carboxylic acids is 2. The Hall–Kier alpha value is -3.11. The third kappa shape index (κ3) is 4.49. The van der Waals surface area contributed by atoms with Crippen molar-refractivity contribution < 1.29 is 14.7 Å². The van der Waals surface area contributed by atoms with Crippen molar-refractivity contribution in [2.24, 2.45) is 0 Å². The van der Waals surface area contributed by atoms with Crippen molar-refractivity contribution in [2.45, 2.75) is 6.42 Å². The minimum absolute atomic E-state index is 0.0522. The molecule has 26 heavy (non-hydrogen) atoms. The number of allylic oxidation sites excluding steroid dienone is 2. The van der Waals surface area contributed by atoms with Crippen LogP contribution in [0, 0.1) is 0 Å². The fourth-order valence-corrected chi connectivity index (χ4v) is 2.72. The van der Waals surface area contributed by atoms with E-state index in [4.69, 9.17) is 11.6 Å². The molecular formula is C21H16ClNO3. The topological polar surface area (TPSA) is 70.2 Å². The van der Waals surface area contributed by atoms with Crippen LogP contribution in [0.5, 0.6) is 5.75 Å². The molecule has 130 valence electrons. The van der Waals surface area contributed by atoms with Gasteiger partial charge in [-0.05, 0) is 65.1 Å². The number of aromatic amines is 1. The highest BCUT2D eigenvalue weighted by Crippen LogP contribution is 2.22. The van der Waals surface area contributed by atoms with Gasteiger partial charge in [-0.2, -0.15) is 0 Å². The SMILES string of the molecule is O=C(C=Cc1ccc2cc[nH]c2c1)CC(=O)C=Cc1ccc(O)cc1Cl. The summed E-state index contributed by atoms with van der Waals surface area (Å²) in [7, 11) is 0. The minimum atomic E-state index is -0.316. The highest BCUT2D eigenvalue weighted by atomic mass is 35.5. The zero-order chi connectivity index (χ0) is 18.5. The van der Waals surface area contributed by atoms with Crippen LogP contribution in [0.2, 0.25) is 5.02 Å². The molecule has 0 bridgehead atoms. The van der Waals surface area contributed by atoms with Crippen molar-refractivity contribution in [3.63, 3.8) is 0 Å². The molecule has 0 aliphatic carbocycles. The molecule has 2 aromatic carbocycles. The maximum Gasteiger partial charge on any atom is 0.163 e. The second-order valence-electron chi connectivity index (χ2n) is 5.81. The molecule has 0 fully saturated rings. The highest BCUT2D eigenvalue weighted by molar-refractivity contribution is 6.32. The summed E-state index contributed by atoms with van der Waals surface area (Å²) in [6.07, 6.45) is 7.58. The fraction of sp³-hybridized carbons (Fsp3) is 0.0476. The number of carbonyl (C=O) groups is 2. The first-order chi connectivity index (χ1) is 12.5. The molecule has 0 saturated heterocycles. The van der Waals surface area contributed by atoms with Gasteiger partial charge in [-0.15, -0.1) is 0 Å². The third-order valence-electron chi connectivity index (χ3n) is 3.82. The number of phenolic OH excluding ortho intramolecular Hbond substituents is 1. The lowest BCUT2D eigenvalue weighted by Crippen LogP contribution is -2.01. The Morgan fingerprint density at radius 2 is 1.77 bits per heavy atom. The highest BCUT2D eigenvalue weighted by Gasteiger charge is 2.05.